The van der Waals surface area contributed by atoms with E-state index >= 15 is 0 Å². The standard InChI is InChI=1S/C25H31ClFN3O4S/c1-18(25(32)28-22-6-4-3-5-7-22)30(16-19-8-12-21(27)13-9-19)24(31)17-29(2)35(33,34)23-14-10-20(26)11-15-23/h8-15,18,22H,3-7,16-17H2,1-2H3,(H,28,32)/t18-/m0/s1. The van der Waals surface area contributed by atoms with E-state index in [0.29, 0.717) is 10.6 Å². The predicted molar refractivity (Wildman–Crippen MR) is 133 cm³/mol. The molecule has 0 heterocycles. The molecule has 35 heavy (non-hydrogen) atoms. The first-order valence-electron chi connectivity index (χ1n) is 11.6. The van der Waals surface area contributed by atoms with Gasteiger partial charge >= 0.3 is 0 Å². The lowest BCUT2D eigenvalue weighted by atomic mass is 9.95. The van der Waals surface area contributed by atoms with Gasteiger partial charge in [-0.15, -0.1) is 0 Å². The molecular formula is C25H31ClFN3O4S. The van der Waals surface area contributed by atoms with Gasteiger partial charge in [-0.1, -0.05) is 43.0 Å². The quantitative estimate of drug-likeness (QED) is 0.539. The summed E-state index contributed by atoms with van der Waals surface area (Å²) in [6.07, 6.45) is 5.03. The molecule has 1 aliphatic rings. The smallest absolute Gasteiger partial charge is 0.243 e. The van der Waals surface area contributed by atoms with Crippen LogP contribution in [0.4, 0.5) is 4.39 Å². The van der Waals surface area contributed by atoms with Crippen LogP contribution in [0.2, 0.25) is 5.02 Å². The van der Waals surface area contributed by atoms with Crippen molar-refractivity contribution in [3.05, 3.63) is 64.9 Å². The van der Waals surface area contributed by atoms with Crippen LogP contribution >= 0.6 is 11.6 Å². The number of amides is 2. The molecular weight excluding hydrogens is 493 g/mol. The van der Waals surface area contributed by atoms with Crippen LogP contribution in [0.15, 0.2) is 53.4 Å². The fourth-order valence-corrected chi connectivity index (χ4v) is 5.34. The van der Waals surface area contributed by atoms with Gasteiger partial charge in [0.25, 0.3) is 0 Å². The largest absolute Gasteiger partial charge is 0.352 e. The third kappa shape index (κ3) is 7.25. The molecule has 2 aromatic rings. The minimum absolute atomic E-state index is 0.00498. The molecule has 1 saturated carbocycles. The monoisotopic (exact) mass is 523 g/mol. The van der Waals surface area contributed by atoms with E-state index in [0.717, 1.165) is 36.4 Å². The molecule has 2 aromatic carbocycles. The summed E-state index contributed by atoms with van der Waals surface area (Å²) in [6, 6.07) is 10.5. The number of hydrogen-bond donors (Lipinski definition) is 1. The molecule has 1 atom stereocenters. The zero-order valence-electron chi connectivity index (χ0n) is 19.9. The maximum Gasteiger partial charge on any atom is 0.243 e. The second-order valence-electron chi connectivity index (χ2n) is 8.88. The average molecular weight is 524 g/mol. The van der Waals surface area contributed by atoms with Gasteiger partial charge in [-0.3, -0.25) is 9.59 Å². The van der Waals surface area contributed by atoms with E-state index in [4.69, 9.17) is 11.6 Å². The van der Waals surface area contributed by atoms with Crippen molar-refractivity contribution in [1.29, 1.82) is 0 Å². The fourth-order valence-electron chi connectivity index (χ4n) is 4.09. The average Bonchev–Trinajstić information content (AvgIpc) is 2.84. The Morgan fingerprint density at radius 3 is 2.26 bits per heavy atom. The molecule has 7 nitrogen and oxygen atoms in total. The van der Waals surface area contributed by atoms with Gasteiger partial charge in [0.1, 0.15) is 11.9 Å². The number of likely N-dealkylation sites (N-methyl/N-ethyl adjacent to an activating group) is 1. The molecule has 0 aromatic heterocycles. The van der Waals surface area contributed by atoms with Gasteiger partial charge in [0, 0.05) is 24.7 Å². The number of carbonyl (C=O) groups excluding carboxylic acids is 2. The molecule has 1 fully saturated rings. The minimum Gasteiger partial charge on any atom is -0.352 e. The van der Waals surface area contributed by atoms with Crippen LogP contribution in [0.1, 0.15) is 44.6 Å². The van der Waals surface area contributed by atoms with Crippen molar-refractivity contribution in [2.24, 2.45) is 0 Å². The van der Waals surface area contributed by atoms with E-state index in [2.05, 4.69) is 5.32 Å². The predicted octanol–water partition coefficient (Wildman–Crippen LogP) is 3.97. The molecule has 0 aliphatic heterocycles. The van der Waals surface area contributed by atoms with Crippen molar-refractivity contribution in [2.45, 2.75) is 62.6 Å². The Morgan fingerprint density at radius 2 is 1.66 bits per heavy atom. The number of benzene rings is 2. The third-order valence-electron chi connectivity index (χ3n) is 6.26. The zero-order chi connectivity index (χ0) is 25.6. The highest BCUT2D eigenvalue weighted by Crippen LogP contribution is 2.20. The Labute approximate surface area is 211 Å². The first kappa shape index (κ1) is 27.1. The van der Waals surface area contributed by atoms with E-state index in [9.17, 15) is 22.4 Å². The van der Waals surface area contributed by atoms with Crippen molar-refractivity contribution in [3.63, 3.8) is 0 Å². The minimum atomic E-state index is -3.95. The number of sulfonamides is 1. The summed E-state index contributed by atoms with van der Waals surface area (Å²) in [5.41, 5.74) is 0.625. The highest BCUT2D eigenvalue weighted by Gasteiger charge is 2.31. The Morgan fingerprint density at radius 1 is 1.06 bits per heavy atom. The van der Waals surface area contributed by atoms with Crippen LogP contribution in [0.5, 0.6) is 0 Å². The van der Waals surface area contributed by atoms with Crippen molar-refractivity contribution in [1.82, 2.24) is 14.5 Å². The van der Waals surface area contributed by atoms with Gasteiger partial charge in [0.2, 0.25) is 21.8 Å². The van der Waals surface area contributed by atoms with Crippen LogP contribution in [-0.4, -0.2) is 55.1 Å². The molecule has 1 aliphatic carbocycles. The highest BCUT2D eigenvalue weighted by molar-refractivity contribution is 7.89. The maximum atomic E-state index is 13.4. The van der Waals surface area contributed by atoms with Crippen LogP contribution in [0.25, 0.3) is 0 Å². The lowest BCUT2D eigenvalue weighted by molar-refractivity contribution is -0.141. The van der Waals surface area contributed by atoms with Crippen molar-refractivity contribution in [3.8, 4) is 0 Å². The fraction of sp³-hybridized carbons (Fsp3) is 0.440. The van der Waals surface area contributed by atoms with Crippen LogP contribution < -0.4 is 5.32 Å². The van der Waals surface area contributed by atoms with Crippen LogP contribution in [-0.2, 0) is 26.2 Å². The first-order valence-corrected chi connectivity index (χ1v) is 13.5. The first-order chi connectivity index (χ1) is 16.6. The second kappa shape index (κ2) is 12.0. The molecule has 10 heteroatoms. The van der Waals surface area contributed by atoms with Crippen LogP contribution in [0.3, 0.4) is 0 Å². The summed E-state index contributed by atoms with van der Waals surface area (Å²) in [5.74, 6) is -1.25. The van der Waals surface area contributed by atoms with E-state index < -0.39 is 34.3 Å². The summed E-state index contributed by atoms with van der Waals surface area (Å²) in [7, 11) is -2.64. The molecule has 0 radical (unpaired) electrons. The summed E-state index contributed by atoms with van der Waals surface area (Å²) in [6.45, 7) is 1.19. The molecule has 190 valence electrons. The van der Waals surface area contributed by atoms with E-state index in [1.54, 1.807) is 6.92 Å². The molecule has 0 saturated heterocycles. The molecule has 2 amide bonds. The Balaban J connectivity index is 1.78. The molecule has 0 unspecified atom stereocenters. The van der Waals surface area contributed by atoms with Crippen molar-refractivity contribution in [2.75, 3.05) is 13.6 Å². The van der Waals surface area contributed by atoms with Gasteiger partial charge in [-0.25, -0.2) is 12.8 Å². The molecule has 0 bridgehead atoms. The van der Waals surface area contributed by atoms with Gasteiger partial charge < -0.3 is 10.2 Å². The van der Waals surface area contributed by atoms with Gasteiger partial charge in [-0.05, 0) is 61.7 Å². The highest BCUT2D eigenvalue weighted by atomic mass is 35.5. The number of nitrogens with one attached hydrogen (secondary N) is 1. The molecule has 1 N–H and O–H groups in total. The summed E-state index contributed by atoms with van der Waals surface area (Å²) < 4.78 is 40.2. The number of halogens is 2. The lowest BCUT2D eigenvalue weighted by Crippen LogP contribution is -2.52. The van der Waals surface area contributed by atoms with E-state index in [1.807, 2.05) is 0 Å². The Bertz CT molecular complexity index is 1120. The normalized spacial score (nSPS) is 15.6. The maximum absolute atomic E-state index is 13.4. The summed E-state index contributed by atoms with van der Waals surface area (Å²) >= 11 is 5.86. The van der Waals surface area contributed by atoms with Gasteiger partial charge in [0.05, 0.1) is 11.4 Å². The zero-order valence-corrected chi connectivity index (χ0v) is 21.5. The second-order valence-corrected chi connectivity index (χ2v) is 11.4. The van der Waals surface area contributed by atoms with Gasteiger partial charge in [-0.2, -0.15) is 4.31 Å². The number of hydrogen-bond acceptors (Lipinski definition) is 4. The number of rotatable bonds is 9. The summed E-state index contributed by atoms with van der Waals surface area (Å²) in [5, 5.41) is 3.42. The SMILES string of the molecule is C[C@@H](C(=O)NC1CCCCC1)N(Cc1ccc(F)cc1)C(=O)CN(C)S(=O)(=O)c1ccc(Cl)cc1. The lowest BCUT2D eigenvalue weighted by Gasteiger charge is -2.32. The number of carbonyl (C=O) groups is 2. The topological polar surface area (TPSA) is 86.8 Å². The van der Waals surface area contributed by atoms with Crippen LogP contribution in [0, 0.1) is 5.82 Å². The molecule has 3 rings (SSSR count). The summed E-state index contributed by atoms with van der Waals surface area (Å²) in [4.78, 5) is 27.7. The van der Waals surface area contributed by atoms with Crippen molar-refractivity contribution < 1.29 is 22.4 Å². The Hall–Kier alpha value is -2.49. The van der Waals surface area contributed by atoms with E-state index in [-0.39, 0.29) is 23.4 Å². The van der Waals surface area contributed by atoms with Gasteiger partial charge in [0.15, 0.2) is 0 Å². The number of nitrogens with zero attached hydrogens (tertiary/aromatic N) is 2. The Kier molecular flexibility index (Phi) is 9.27. The molecule has 0 spiro atoms. The van der Waals surface area contributed by atoms with Crippen molar-refractivity contribution >= 4 is 33.4 Å². The third-order valence-corrected chi connectivity index (χ3v) is 8.33. The van der Waals surface area contributed by atoms with E-state index in [1.165, 1.54) is 60.5 Å².